The van der Waals surface area contributed by atoms with Crippen LogP contribution >= 0.6 is 11.6 Å². The third-order valence-corrected chi connectivity index (χ3v) is 3.66. The van der Waals surface area contributed by atoms with Gasteiger partial charge in [-0.05, 0) is 24.1 Å². The predicted molar refractivity (Wildman–Crippen MR) is 86.2 cm³/mol. The summed E-state index contributed by atoms with van der Waals surface area (Å²) in [6.45, 7) is 1.92. The van der Waals surface area contributed by atoms with Gasteiger partial charge in [0.05, 0.1) is 10.8 Å². The lowest BCUT2D eigenvalue weighted by atomic mass is 9.95. The number of nitrogens with zero attached hydrogens (tertiary/aromatic N) is 1. The number of rotatable bonds is 5. The Morgan fingerprint density at radius 2 is 1.95 bits per heavy atom. The number of benzene rings is 2. The minimum absolute atomic E-state index is 0.0399. The molecule has 6 heteroatoms. The molecule has 0 heterocycles. The van der Waals surface area contributed by atoms with Crippen molar-refractivity contribution in [3.63, 3.8) is 0 Å². The standard InChI is InChI=1S/C16H15ClN2O3/c1-2-13(11-6-4-3-5-7-11)16(20)18-12-8-9-14(17)15(10-12)19(21)22/h3-10,13H,2H2,1H3,(H,18,20)/t13-/m1/s1. The highest BCUT2D eigenvalue weighted by Crippen LogP contribution is 2.28. The third kappa shape index (κ3) is 3.62. The second kappa shape index (κ2) is 7.04. The van der Waals surface area contributed by atoms with Crippen LogP contribution in [0.2, 0.25) is 5.02 Å². The van der Waals surface area contributed by atoms with Crippen LogP contribution in [0, 0.1) is 10.1 Å². The maximum Gasteiger partial charge on any atom is 0.289 e. The monoisotopic (exact) mass is 318 g/mol. The average Bonchev–Trinajstić information content (AvgIpc) is 2.51. The Morgan fingerprint density at radius 1 is 1.27 bits per heavy atom. The molecule has 0 unspecified atom stereocenters. The van der Waals surface area contributed by atoms with Crippen LogP contribution in [0.1, 0.15) is 24.8 Å². The summed E-state index contributed by atoms with van der Waals surface area (Å²) in [7, 11) is 0. The third-order valence-electron chi connectivity index (χ3n) is 3.34. The van der Waals surface area contributed by atoms with Crippen molar-refractivity contribution in [1.82, 2.24) is 0 Å². The first-order chi connectivity index (χ1) is 10.5. The molecule has 114 valence electrons. The molecule has 22 heavy (non-hydrogen) atoms. The van der Waals surface area contributed by atoms with Crippen LogP contribution in [-0.4, -0.2) is 10.8 Å². The molecule has 0 fully saturated rings. The fourth-order valence-electron chi connectivity index (χ4n) is 2.22. The lowest BCUT2D eigenvalue weighted by molar-refractivity contribution is -0.384. The average molecular weight is 319 g/mol. The number of carbonyl (C=O) groups excluding carboxylic acids is 1. The molecule has 0 aliphatic rings. The first-order valence-corrected chi connectivity index (χ1v) is 7.20. The molecule has 2 aromatic rings. The van der Waals surface area contributed by atoms with Crippen LogP contribution < -0.4 is 5.32 Å². The molecule has 1 atom stereocenters. The molecule has 0 saturated carbocycles. The van der Waals surface area contributed by atoms with Crippen molar-refractivity contribution in [3.8, 4) is 0 Å². The normalized spacial score (nSPS) is 11.7. The molecule has 0 aliphatic carbocycles. The predicted octanol–water partition coefficient (Wildman–Crippen LogP) is 4.38. The van der Waals surface area contributed by atoms with Gasteiger partial charge in [0.1, 0.15) is 5.02 Å². The van der Waals surface area contributed by atoms with E-state index in [2.05, 4.69) is 5.32 Å². The van der Waals surface area contributed by atoms with Crippen molar-refractivity contribution in [3.05, 3.63) is 69.2 Å². The summed E-state index contributed by atoms with van der Waals surface area (Å²) >= 11 is 5.76. The van der Waals surface area contributed by atoms with Gasteiger partial charge in [0.2, 0.25) is 5.91 Å². The van der Waals surface area contributed by atoms with E-state index in [4.69, 9.17) is 11.6 Å². The van der Waals surface area contributed by atoms with Crippen molar-refractivity contribution < 1.29 is 9.72 Å². The Bertz CT molecular complexity index is 689. The van der Waals surface area contributed by atoms with Crippen molar-refractivity contribution in [2.45, 2.75) is 19.3 Å². The Hall–Kier alpha value is -2.40. The van der Waals surface area contributed by atoms with E-state index in [-0.39, 0.29) is 22.5 Å². The van der Waals surface area contributed by atoms with Gasteiger partial charge >= 0.3 is 0 Å². The SMILES string of the molecule is CC[C@@H](C(=O)Nc1ccc(Cl)c([N+](=O)[O-])c1)c1ccccc1. The van der Waals surface area contributed by atoms with Gasteiger partial charge < -0.3 is 5.32 Å². The van der Waals surface area contributed by atoms with Crippen molar-refractivity contribution in [2.24, 2.45) is 0 Å². The number of amides is 1. The molecule has 2 aromatic carbocycles. The zero-order chi connectivity index (χ0) is 16.1. The van der Waals surface area contributed by atoms with Gasteiger partial charge in [0, 0.05) is 11.8 Å². The number of carbonyl (C=O) groups is 1. The maximum absolute atomic E-state index is 12.4. The Labute approximate surface area is 133 Å². The quantitative estimate of drug-likeness (QED) is 0.656. The van der Waals surface area contributed by atoms with E-state index in [1.54, 1.807) is 6.07 Å². The van der Waals surface area contributed by atoms with Gasteiger partial charge in [-0.2, -0.15) is 0 Å². The van der Waals surface area contributed by atoms with E-state index < -0.39 is 4.92 Å². The van der Waals surface area contributed by atoms with Crippen molar-refractivity contribution in [2.75, 3.05) is 5.32 Å². The summed E-state index contributed by atoms with van der Waals surface area (Å²) in [6.07, 6.45) is 0.630. The minimum Gasteiger partial charge on any atom is -0.325 e. The summed E-state index contributed by atoms with van der Waals surface area (Å²) < 4.78 is 0. The molecule has 1 N–H and O–H groups in total. The van der Waals surface area contributed by atoms with Gasteiger partial charge in [-0.3, -0.25) is 14.9 Å². The molecule has 0 aliphatic heterocycles. The lowest BCUT2D eigenvalue weighted by Crippen LogP contribution is -2.20. The number of hydrogen-bond donors (Lipinski definition) is 1. The number of nitro groups is 1. The summed E-state index contributed by atoms with van der Waals surface area (Å²) in [5, 5.41) is 13.6. The summed E-state index contributed by atoms with van der Waals surface area (Å²) in [4.78, 5) is 22.7. The van der Waals surface area contributed by atoms with E-state index in [0.717, 1.165) is 5.56 Å². The molecular formula is C16H15ClN2O3. The van der Waals surface area contributed by atoms with E-state index in [1.807, 2.05) is 37.3 Å². The highest BCUT2D eigenvalue weighted by Gasteiger charge is 2.20. The number of hydrogen-bond acceptors (Lipinski definition) is 3. The topological polar surface area (TPSA) is 72.2 Å². The van der Waals surface area contributed by atoms with E-state index in [0.29, 0.717) is 12.1 Å². The molecule has 2 rings (SSSR count). The molecule has 5 nitrogen and oxygen atoms in total. The highest BCUT2D eigenvalue weighted by molar-refractivity contribution is 6.32. The Kier molecular flexibility index (Phi) is 5.12. The molecule has 0 bridgehead atoms. The van der Waals surface area contributed by atoms with Crippen molar-refractivity contribution in [1.29, 1.82) is 0 Å². The molecule has 1 amide bonds. The number of halogens is 1. The van der Waals surface area contributed by atoms with Crippen molar-refractivity contribution >= 4 is 28.9 Å². The molecular weight excluding hydrogens is 304 g/mol. The van der Waals surface area contributed by atoms with Crippen LogP contribution in [0.25, 0.3) is 0 Å². The van der Waals surface area contributed by atoms with Gasteiger partial charge in [-0.25, -0.2) is 0 Å². The number of nitro benzene ring substituents is 1. The smallest absolute Gasteiger partial charge is 0.289 e. The maximum atomic E-state index is 12.4. The van der Waals surface area contributed by atoms with Crippen LogP contribution in [-0.2, 0) is 4.79 Å². The first-order valence-electron chi connectivity index (χ1n) is 6.82. The zero-order valence-corrected chi connectivity index (χ0v) is 12.7. The van der Waals surface area contributed by atoms with Crippen LogP contribution in [0.15, 0.2) is 48.5 Å². The fraction of sp³-hybridized carbons (Fsp3) is 0.188. The highest BCUT2D eigenvalue weighted by atomic mass is 35.5. The second-order valence-electron chi connectivity index (χ2n) is 4.78. The second-order valence-corrected chi connectivity index (χ2v) is 5.19. The van der Waals surface area contributed by atoms with E-state index >= 15 is 0 Å². The lowest BCUT2D eigenvalue weighted by Gasteiger charge is -2.15. The molecule has 0 aromatic heterocycles. The molecule has 0 radical (unpaired) electrons. The summed E-state index contributed by atoms with van der Waals surface area (Å²) in [5.41, 5.74) is 1.04. The number of anilines is 1. The van der Waals surface area contributed by atoms with Crippen LogP contribution in [0.3, 0.4) is 0 Å². The summed E-state index contributed by atoms with van der Waals surface area (Å²) in [5.74, 6) is -0.513. The minimum atomic E-state index is -0.577. The Balaban J connectivity index is 2.21. The number of nitrogens with one attached hydrogen (secondary N) is 1. The van der Waals surface area contributed by atoms with Gasteiger partial charge in [0.15, 0.2) is 0 Å². The molecule has 0 spiro atoms. The first kappa shape index (κ1) is 16.0. The van der Waals surface area contributed by atoms with Gasteiger partial charge in [-0.15, -0.1) is 0 Å². The van der Waals surface area contributed by atoms with Gasteiger partial charge in [0.25, 0.3) is 5.69 Å². The zero-order valence-electron chi connectivity index (χ0n) is 12.0. The van der Waals surface area contributed by atoms with Crippen LogP contribution in [0.4, 0.5) is 11.4 Å². The van der Waals surface area contributed by atoms with Gasteiger partial charge in [-0.1, -0.05) is 48.9 Å². The largest absolute Gasteiger partial charge is 0.325 e. The van der Waals surface area contributed by atoms with E-state index in [1.165, 1.54) is 12.1 Å². The summed E-state index contributed by atoms with van der Waals surface area (Å²) in [6, 6.07) is 13.6. The fourth-order valence-corrected chi connectivity index (χ4v) is 2.40. The molecule has 0 saturated heterocycles. The Morgan fingerprint density at radius 3 is 2.55 bits per heavy atom. The van der Waals surface area contributed by atoms with Crippen LogP contribution in [0.5, 0.6) is 0 Å². The van der Waals surface area contributed by atoms with E-state index in [9.17, 15) is 14.9 Å².